The van der Waals surface area contributed by atoms with Crippen LogP contribution in [0, 0.1) is 11.2 Å². The lowest BCUT2D eigenvalue weighted by Gasteiger charge is -2.43. The van der Waals surface area contributed by atoms with E-state index in [2.05, 4.69) is 10.0 Å². The van der Waals surface area contributed by atoms with Crippen molar-refractivity contribution in [1.29, 1.82) is 0 Å². The third-order valence-electron chi connectivity index (χ3n) is 4.95. The predicted octanol–water partition coefficient (Wildman–Crippen LogP) is 2.32. The molecule has 0 bridgehead atoms. The van der Waals surface area contributed by atoms with Crippen molar-refractivity contribution in [2.45, 2.75) is 50.8 Å². The van der Waals surface area contributed by atoms with Crippen molar-refractivity contribution in [3.8, 4) is 0 Å². The van der Waals surface area contributed by atoms with Crippen LogP contribution in [0.2, 0.25) is 0 Å². The lowest BCUT2D eigenvalue weighted by atomic mass is 9.73. The van der Waals surface area contributed by atoms with Gasteiger partial charge in [0.15, 0.2) is 0 Å². The fourth-order valence-electron chi connectivity index (χ4n) is 3.62. The van der Waals surface area contributed by atoms with E-state index in [4.69, 9.17) is 0 Å². The molecule has 1 saturated heterocycles. The normalized spacial score (nSPS) is 29.6. The van der Waals surface area contributed by atoms with E-state index in [0.717, 1.165) is 37.9 Å². The Bertz CT molecular complexity index is 560. The summed E-state index contributed by atoms with van der Waals surface area (Å²) in [6, 6.07) is 5.29. The van der Waals surface area contributed by atoms with Crippen LogP contribution in [0.25, 0.3) is 0 Å². The molecule has 2 aliphatic rings. The summed E-state index contributed by atoms with van der Waals surface area (Å²) in [5.41, 5.74) is 2.43. The van der Waals surface area contributed by atoms with Gasteiger partial charge in [-0.1, -0.05) is 6.07 Å². The van der Waals surface area contributed by atoms with E-state index < -0.39 is 11.4 Å². The summed E-state index contributed by atoms with van der Waals surface area (Å²) < 4.78 is 29.1. The van der Waals surface area contributed by atoms with Crippen molar-refractivity contribution in [1.82, 2.24) is 10.0 Å². The van der Waals surface area contributed by atoms with Gasteiger partial charge in [-0.2, -0.15) is 0 Å². The zero-order chi connectivity index (χ0) is 16.0. The van der Waals surface area contributed by atoms with Crippen LogP contribution in [0.5, 0.6) is 0 Å². The second kappa shape index (κ2) is 5.78. The summed E-state index contributed by atoms with van der Waals surface area (Å²) in [5, 5.41) is 3.41. The SMILES string of the molecule is CC(C)(C)[S+]([O-])NC1CNCCC12Cc1ccc(F)cc1C2. The van der Waals surface area contributed by atoms with Crippen molar-refractivity contribution in [2.24, 2.45) is 5.41 Å². The van der Waals surface area contributed by atoms with Crippen molar-refractivity contribution >= 4 is 11.4 Å². The van der Waals surface area contributed by atoms with Gasteiger partial charge in [0.1, 0.15) is 10.6 Å². The maximum atomic E-state index is 13.5. The first-order valence-electron chi connectivity index (χ1n) is 7.96. The van der Waals surface area contributed by atoms with Gasteiger partial charge in [0.25, 0.3) is 0 Å². The van der Waals surface area contributed by atoms with E-state index in [1.165, 1.54) is 5.56 Å². The van der Waals surface area contributed by atoms with Crippen molar-refractivity contribution in [2.75, 3.05) is 13.1 Å². The highest BCUT2D eigenvalue weighted by molar-refractivity contribution is 7.90. The van der Waals surface area contributed by atoms with Gasteiger partial charge in [0, 0.05) is 23.3 Å². The minimum Gasteiger partial charge on any atom is -0.598 e. The van der Waals surface area contributed by atoms with Gasteiger partial charge in [0.05, 0.1) is 6.04 Å². The summed E-state index contributed by atoms with van der Waals surface area (Å²) in [5.74, 6) is -0.160. The Hall–Kier alpha value is -0.620. The smallest absolute Gasteiger partial charge is 0.136 e. The van der Waals surface area contributed by atoms with E-state index in [1.54, 1.807) is 12.1 Å². The van der Waals surface area contributed by atoms with Gasteiger partial charge in [-0.25, -0.2) is 4.39 Å². The summed E-state index contributed by atoms with van der Waals surface area (Å²) in [6.45, 7) is 7.74. The van der Waals surface area contributed by atoms with Crippen LogP contribution in [0.15, 0.2) is 18.2 Å². The first kappa shape index (κ1) is 16.2. The first-order chi connectivity index (χ1) is 10.3. The molecule has 1 aliphatic carbocycles. The average Bonchev–Trinajstić information content (AvgIpc) is 2.78. The summed E-state index contributed by atoms with van der Waals surface area (Å²) >= 11 is -1.09. The molecule has 122 valence electrons. The quantitative estimate of drug-likeness (QED) is 0.821. The summed E-state index contributed by atoms with van der Waals surface area (Å²) in [6.07, 6.45) is 2.85. The molecule has 22 heavy (non-hydrogen) atoms. The van der Waals surface area contributed by atoms with Crippen LogP contribution in [-0.4, -0.2) is 28.4 Å². The highest BCUT2D eigenvalue weighted by Gasteiger charge is 2.47. The van der Waals surface area contributed by atoms with Crippen LogP contribution in [0.3, 0.4) is 0 Å². The second-order valence-corrected chi connectivity index (χ2v) is 9.63. The number of hydrogen-bond acceptors (Lipinski definition) is 3. The lowest BCUT2D eigenvalue weighted by Crippen LogP contribution is -2.60. The highest BCUT2D eigenvalue weighted by atomic mass is 32.2. The molecule has 1 spiro atoms. The minimum absolute atomic E-state index is 0.0578. The molecule has 1 aromatic carbocycles. The van der Waals surface area contributed by atoms with Crippen LogP contribution in [0.1, 0.15) is 38.3 Å². The predicted molar refractivity (Wildman–Crippen MR) is 88.5 cm³/mol. The maximum Gasteiger partial charge on any atom is 0.136 e. The Labute approximate surface area is 135 Å². The van der Waals surface area contributed by atoms with Gasteiger partial charge < -0.3 is 9.87 Å². The summed E-state index contributed by atoms with van der Waals surface area (Å²) in [7, 11) is 0. The van der Waals surface area contributed by atoms with Crippen molar-refractivity contribution in [3.05, 3.63) is 35.1 Å². The summed E-state index contributed by atoms with van der Waals surface area (Å²) in [4.78, 5) is 0. The molecule has 0 radical (unpaired) electrons. The standard InChI is InChI=1S/C17H25FN2OS/c1-16(2,3)22(21)20-15-11-19-7-6-17(15)9-12-4-5-14(18)8-13(12)10-17/h4-5,8,15,19-20H,6-7,9-11H2,1-3H3. The Kier molecular flexibility index (Phi) is 4.27. The maximum absolute atomic E-state index is 13.5. The molecule has 2 N–H and O–H groups in total. The Morgan fingerprint density at radius 3 is 2.77 bits per heavy atom. The number of piperidine rings is 1. The largest absolute Gasteiger partial charge is 0.598 e. The van der Waals surface area contributed by atoms with E-state index in [9.17, 15) is 8.94 Å². The number of halogens is 1. The monoisotopic (exact) mass is 324 g/mol. The number of nitrogens with one attached hydrogen (secondary N) is 2. The molecule has 3 rings (SSSR count). The third-order valence-corrected chi connectivity index (χ3v) is 6.56. The molecule has 3 nitrogen and oxygen atoms in total. The highest BCUT2D eigenvalue weighted by Crippen LogP contribution is 2.44. The van der Waals surface area contributed by atoms with Crippen LogP contribution >= 0.6 is 0 Å². The molecule has 5 heteroatoms. The Balaban J connectivity index is 1.82. The number of fused-ring (bicyclic) bond motifs is 1. The van der Waals surface area contributed by atoms with Crippen LogP contribution < -0.4 is 10.0 Å². The number of benzene rings is 1. The minimum atomic E-state index is -1.09. The van der Waals surface area contributed by atoms with Crippen LogP contribution in [-0.2, 0) is 24.2 Å². The zero-order valence-electron chi connectivity index (χ0n) is 13.5. The molecule has 0 saturated carbocycles. The molecule has 3 atom stereocenters. The zero-order valence-corrected chi connectivity index (χ0v) is 14.4. The van der Waals surface area contributed by atoms with E-state index in [0.29, 0.717) is 0 Å². The molecule has 0 aromatic heterocycles. The molecule has 1 aliphatic heterocycles. The molecule has 3 unspecified atom stereocenters. The molecule has 1 aromatic rings. The molecule has 0 amide bonds. The fourth-order valence-corrected chi connectivity index (χ4v) is 4.57. The topological polar surface area (TPSA) is 47.1 Å². The average molecular weight is 324 g/mol. The second-order valence-electron chi connectivity index (χ2n) is 7.63. The molecule has 1 heterocycles. The van der Waals surface area contributed by atoms with Crippen molar-refractivity contribution < 1.29 is 8.94 Å². The van der Waals surface area contributed by atoms with Gasteiger partial charge >= 0.3 is 0 Å². The van der Waals surface area contributed by atoms with Gasteiger partial charge in [0.2, 0.25) is 0 Å². The van der Waals surface area contributed by atoms with Gasteiger partial charge in [-0.15, -0.1) is 4.72 Å². The van der Waals surface area contributed by atoms with Crippen molar-refractivity contribution in [3.63, 3.8) is 0 Å². The van der Waals surface area contributed by atoms with Gasteiger partial charge in [-0.05, 0) is 69.8 Å². The van der Waals surface area contributed by atoms with E-state index >= 15 is 0 Å². The lowest BCUT2D eigenvalue weighted by molar-refractivity contribution is 0.165. The van der Waals surface area contributed by atoms with E-state index in [1.807, 2.05) is 26.8 Å². The van der Waals surface area contributed by atoms with Gasteiger partial charge in [-0.3, -0.25) is 0 Å². The van der Waals surface area contributed by atoms with Crippen LogP contribution in [0.4, 0.5) is 4.39 Å². The Morgan fingerprint density at radius 2 is 2.05 bits per heavy atom. The molecule has 1 fully saturated rings. The molecular formula is C17H25FN2OS. The molecular weight excluding hydrogens is 299 g/mol. The van der Waals surface area contributed by atoms with E-state index in [-0.39, 0.29) is 22.0 Å². The first-order valence-corrected chi connectivity index (χ1v) is 9.11. The number of rotatable bonds is 2. The fraction of sp³-hybridized carbons (Fsp3) is 0.647. The number of hydrogen-bond donors (Lipinski definition) is 2. The Morgan fingerprint density at radius 1 is 1.32 bits per heavy atom. The third kappa shape index (κ3) is 3.04.